The van der Waals surface area contributed by atoms with Crippen LogP contribution in [0.1, 0.15) is 26.2 Å². The predicted molar refractivity (Wildman–Crippen MR) is 49.2 cm³/mol. The standard InChI is InChI=1S/C9H14N2O3/c1-3-7(12)10-6-4-5-8(13)11(2)9(6)14/h6H,3-5H2,1-2H3,(H,10,12). The van der Waals surface area contributed by atoms with Crippen molar-refractivity contribution in [3.63, 3.8) is 0 Å². The lowest BCUT2D eigenvalue weighted by Crippen LogP contribution is -2.52. The van der Waals surface area contributed by atoms with E-state index in [0.717, 1.165) is 4.90 Å². The van der Waals surface area contributed by atoms with Gasteiger partial charge in [0.25, 0.3) is 5.91 Å². The molecule has 3 amide bonds. The fourth-order valence-corrected chi connectivity index (χ4v) is 1.35. The first-order chi connectivity index (χ1) is 6.56. The topological polar surface area (TPSA) is 66.5 Å². The van der Waals surface area contributed by atoms with Crippen molar-refractivity contribution in [2.24, 2.45) is 0 Å². The van der Waals surface area contributed by atoms with Crippen LogP contribution in [0.3, 0.4) is 0 Å². The first kappa shape index (κ1) is 10.7. The molecule has 1 fully saturated rings. The largest absolute Gasteiger partial charge is 0.344 e. The third kappa shape index (κ3) is 2.10. The van der Waals surface area contributed by atoms with Crippen LogP contribution in [0, 0.1) is 0 Å². The van der Waals surface area contributed by atoms with Crippen molar-refractivity contribution in [3.8, 4) is 0 Å². The van der Waals surface area contributed by atoms with E-state index >= 15 is 0 Å². The van der Waals surface area contributed by atoms with Gasteiger partial charge in [-0.25, -0.2) is 0 Å². The molecule has 0 aliphatic carbocycles. The molecule has 0 radical (unpaired) electrons. The number of likely N-dealkylation sites (N-methyl/N-ethyl adjacent to an activating group) is 1. The van der Waals surface area contributed by atoms with Crippen molar-refractivity contribution in [2.75, 3.05) is 7.05 Å². The number of imide groups is 1. The molecule has 1 saturated heterocycles. The highest BCUT2D eigenvalue weighted by molar-refractivity contribution is 6.01. The minimum absolute atomic E-state index is 0.161. The number of nitrogens with one attached hydrogen (secondary N) is 1. The highest BCUT2D eigenvalue weighted by Gasteiger charge is 2.32. The molecule has 1 unspecified atom stereocenters. The second kappa shape index (κ2) is 4.21. The van der Waals surface area contributed by atoms with Gasteiger partial charge in [-0.05, 0) is 6.42 Å². The van der Waals surface area contributed by atoms with E-state index in [9.17, 15) is 14.4 Å². The van der Waals surface area contributed by atoms with Crippen LogP contribution in [0.25, 0.3) is 0 Å². The average Bonchev–Trinajstić information content (AvgIpc) is 2.19. The number of rotatable bonds is 2. The van der Waals surface area contributed by atoms with E-state index in [0.29, 0.717) is 19.3 Å². The summed E-state index contributed by atoms with van der Waals surface area (Å²) in [6.45, 7) is 1.72. The Morgan fingerprint density at radius 2 is 2.21 bits per heavy atom. The molecule has 1 aliphatic rings. The lowest BCUT2D eigenvalue weighted by atomic mass is 10.0. The highest BCUT2D eigenvalue weighted by Crippen LogP contribution is 2.11. The average molecular weight is 198 g/mol. The summed E-state index contributed by atoms with van der Waals surface area (Å²) in [7, 11) is 1.44. The Bertz CT molecular complexity index is 275. The van der Waals surface area contributed by atoms with Crippen LogP contribution >= 0.6 is 0 Å². The van der Waals surface area contributed by atoms with Gasteiger partial charge < -0.3 is 5.32 Å². The van der Waals surface area contributed by atoms with E-state index in [1.165, 1.54) is 7.05 Å². The summed E-state index contributed by atoms with van der Waals surface area (Å²) in [4.78, 5) is 34.7. The van der Waals surface area contributed by atoms with Gasteiger partial charge in [0.05, 0.1) is 0 Å². The Kier molecular flexibility index (Phi) is 3.22. The van der Waals surface area contributed by atoms with Crippen molar-refractivity contribution in [3.05, 3.63) is 0 Å². The Morgan fingerprint density at radius 3 is 2.79 bits per heavy atom. The Labute approximate surface area is 82.4 Å². The van der Waals surface area contributed by atoms with Crippen LogP contribution in [0.15, 0.2) is 0 Å². The molecule has 0 aromatic rings. The van der Waals surface area contributed by atoms with Gasteiger partial charge in [-0.3, -0.25) is 19.3 Å². The molecule has 1 aliphatic heterocycles. The Balaban J connectivity index is 2.59. The zero-order valence-electron chi connectivity index (χ0n) is 8.37. The van der Waals surface area contributed by atoms with Gasteiger partial charge in [-0.15, -0.1) is 0 Å². The number of nitrogens with zero attached hydrogens (tertiary/aromatic N) is 1. The fraction of sp³-hybridized carbons (Fsp3) is 0.667. The lowest BCUT2D eigenvalue weighted by molar-refractivity contribution is -0.149. The minimum Gasteiger partial charge on any atom is -0.344 e. The molecule has 1 rings (SSSR count). The molecule has 78 valence electrons. The summed E-state index contributed by atoms with van der Waals surface area (Å²) in [5.74, 6) is -0.661. The molecular formula is C9H14N2O3. The molecule has 0 bridgehead atoms. The number of likely N-dealkylation sites (tertiary alicyclic amines) is 1. The second-order valence-corrected chi connectivity index (χ2v) is 3.30. The van der Waals surface area contributed by atoms with Gasteiger partial charge in [0.15, 0.2) is 0 Å². The van der Waals surface area contributed by atoms with Gasteiger partial charge in [-0.1, -0.05) is 6.92 Å². The molecule has 5 heteroatoms. The predicted octanol–water partition coefficient (Wildman–Crippen LogP) is -0.340. The zero-order chi connectivity index (χ0) is 10.7. The molecule has 14 heavy (non-hydrogen) atoms. The number of carbonyl (C=O) groups is 3. The van der Waals surface area contributed by atoms with Crippen LogP contribution in [0.2, 0.25) is 0 Å². The smallest absolute Gasteiger partial charge is 0.251 e. The zero-order valence-corrected chi connectivity index (χ0v) is 8.37. The number of hydrogen-bond donors (Lipinski definition) is 1. The SMILES string of the molecule is CCC(=O)NC1CCC(=O)N(C)C1=O. The molecule has 0 aromatic carbocycles. The van der Waals surface area contributed by atoms with Gasteiger partial charge >= 0.3 is 0 Å². The van der Waals surface area contributed by atoms with Crippen LogP contribution in [0.4, 0.5) is 0 Å². The van der Waals surface area contributed by atoms with Crippen molar-refractivity contribution >= 4 is 17.7 Å². The van der Waals surface area contributed by atoms with E-state index in [-0.39, 0.29) is 17.7 Å². The third-order valence-electron chi connectivity index (χ3n) is 2.31. The molecule has 0 aromatic heterocycles. The first-order valence-corrected chi connectivity index (χ1v) is 4.66. The lowest BCUT2D eigenvalue weighted by Gasteiger charge is -2.27. The highest BCUT2D eigenvalue weighted by atomic mass is 16.2. The maximum atomic E-state index is 11.5. The maximum Gasteiger partial charge on any atom is 0.251 e. The maximum absolute atomic E-state index is 11.5. The monoisotopic (exact) mass is 198 g/mol. The third-order valence-corrected chi connectivity index (χ3v) is 2.31. The molecule has 0 saturated carbocycles. The summed E-state index contributed by atoms with van der Waals surface area (Å²) >= 11 is 0. The number of hydrogen-bond acceptors (Lipinski definition) is 3. The quantitative estimate of drug-likeness (QED) is 0.617. The van der Waals surface area contributed by atoms with Gasteiger partial charge in [0.2, 0.25) is 11.8 Å². The summed E-state index contributed by atoms with van der Waals surface area (Å²) in [6.07, 6.45) is 1.08. The van der Waals surface area contributed by atoms with Crippen LogP contribution in [-0.4, -0.2) is 35.7 Å². The Morgan fingerprint density at radius 1 is 1.57 bits per heavy atom. The Hall–Kier alpha value is -1.39. The van der Waals surface area contributed by atoms with Crippen LogP contribution in [-0.2, 0) is 14.4 Å². The summed E-state index contributed by atoms with van der Waals surface area (Å²) in [5, 5.41) is 2.59. The fourth-order valence-electron chi connectivity index (χ4n) is 1.35. The van der Waals surface area contributed by atoms with Crippen LogP contribution < -0.4 is 5.32 Å². The van der Waals surface area contributed by atoms with Crippen molar-refractivity contribution < 1.29 is 14.4 Å². The normalized spacial score (nSPS) is 22.4. The van der Waals surface area contributed by atoms with Gasteiger partial charge in [-0.2, -0.15) is 0 Å². The molecule has 1 atom stereocenters. The second-order valence-electron chi connectivity index (χ2n) is 3.30. The van der Waals surface area contributed by atoms with E-state index in [1.54, 1.807) is 6.92 Å². The molecule has 0 spiro atoms. The van der Waals surface area contributed by atoms with E-state index in [4.69, 9.17) is 0 Å². The van der Waals surface area contributed by atoms with Crippen molar-refractivity contribution in [1.29, 1.82) is 0 Å². The number of piperidine rings is 1. The molecular weight excluding hydrogens is 184 g/mol. The number of amides is 3. The summed E-state index contributed by atoms with van der Waals surface area (Å²) < 4.78 is 0. The van der Waals surface area contributed by atoms with E-state index in [1.807, 2.05) is 0 Å². The van der Waals surface area contributed by atoms with E-state index in [2.05, 4.69) is 5.32 Å². The minimum atomic E-state index is -0.523. The molecule has 1 N–H and O–H groups in total. The summed E-state index contributed by atoms with van der Waals surface area (Å²) in [5.41, 5.74) is 0. The van der Waals surface area contributed by atoms with E-state index < -0.39 is 6.04 Å². The van der Waals surface area contributed by atoms with Crippen molar-refractivity contribution in [1.82, 2.24) is 10.2 Å². The molecule has 1 heterocycles. The first-order valence-electron chi connectivity index (χ1n) is 4.66. The summed E-state index contributed by atoms with van der Waals surface area (Å²) in [6, 6.07) is -0.523. The number of carbonyl (C=O) groups excluding carboxylic acids is 3. The van der Waals surface area contributed by atoms with Crippen molar-refractivity contribution in [2.45, 2.75) is 32.2 Å². The van der Waals surface area contributed by atoms with Gasteiger partial charge in [0.1, 0.15) is 6.04 Å². The van der Waals surface area contributed by atoms with Gasteiger partial charge in [0, 0.05) is 19.9 Å². The van der Waals surface area contributed by atoms with Crippen LogP contribution in [0.5, 0.6) is 0 Å². The molecule has 5 nitrogen and oxygen atoms in total.